The molecule has 3 rings (SSSR count). The van der Waals surface area contributed by atoms with Crippen molar-refractivity contribution >= 4 is 21.6 Å². The summed E-state index contributed by atoms with van der Waals surface area (Å²) in [6, 6.07) is 16.1. The van der Waals surface area contributed by atoms with Gasteiger partial charge in [0.1, 0.15) is 6.04 Å². The van der Waals surface area contributed by atoms with E-state index in [4.69, 9.17) is 0 Å². The molecule has 1 aliphatic rings. The summed E-state index contributed by atoms with van der Waals surface area (Å²) < 4.78 is 26.2. The second-order valence-corrected chi connectivity index (χ2v) is 8.83. The molecule has 0 saturated carbocycles. The van der Waals surface area contributed by atoms with Gasteiger partial charge in [0.05, 0.1) is 18.0 Å². The van der Waals surface area contributed by atoms with E-state index < -0.39 is 16.1 Å². The third-order valence-corrected chi connectivity index (χ3v) is 6.21. The minimum Gasteiger partial charge on any atom is -0.347 e. The molecule has 6 heteroatoms. The van der Waals surface area contributed by atoms with Crippen LogP contribution in [0.15, 0.2) is 54.6 Å². The number of benzene rings is 2. The maximum atomic E-state index is 13.1. The van der Waals surface area contributed by atoms with Crippen molar-refractivity contribution in [2.45, 2.75) is 44.7 Å². The number of sulfonamides is 1. The van der Waals surface area contributed by atoms with Crippen molar-refractivity contribution in [2.75, 3.05) is 10.6 Å². The second-order valence-electron chi connectivity index (χ2n) is 6.97. The number of carbonyl (C=O) groups excluding carboxylic acids is 1. The SMILES string of the molecule is CC[C@H](C(=O)N[C@H]1CCCc2ccccc21)N(c1ccccc1)S(C)(=O)=O. The number of para-hydroxylation sites is 1. The van der Waals surface area contributed by atoms with E-state index in [9.17, 15) is 13.2 Å². The van der Waals surface area contributed by atoms with Gasteiger partial charge in [-0.1, -0.05) is 49.4 Å². The van der Waals surface area contributed by atoms with Gasteiger partial charge in [0.2, 0.25) is 15.9 Å². The molecule has 1 amide bonds. The number of hydrogen-bond acceptors (Lipinski definition) is 3. The van der Waals surface area contributed by atoms with E-state index in [1.807, 2.05) is 31.2 Å². The third-order valence-electron chi connectivity index (χ3n) is 5.03. The molecule has 5 nitrogen and oxygen atoms in total. The Morgan fingerprint density at radius 3 is 2.48 bits per heavy atom. The van der Waals surface area contributed by atoms with Crippen LogP contribution >= 0.6 is 0 Å². The minimum absolute atomic E-state index is 0.0753. The summed E-state index contributed by atoms with van der Waals surface area (Å²) in [4.78, 5) is 13.1. The van der Waals surface area contributed by atoms with E-state index >= 15 is 0 Å². The van der Waals surface area contributed by atoms with Crippen LogP contribution in [-0.2, 0) is 21.2 Å². The summed E-state index contributed by atoms with van der Waals surface area (Å²) in [6.45, 7) is 1.83. The highest BCUT2D eigenvalue weighted by Gasteiger charge is 2.33. The zero-order valence-electron chi connectivity index (χ0n) is 15.8. The van der Waals surface area contributed by atoms with Gasteiger partial charge in [-0.3, -0.25) is 9.10 Å². The van der Waals surface area contributed by atoms with E-state index in [1.54, 1.807) is 24.3 Å². The van der Waals surface area contributed by atoms with E-state index in [-0.39, 0.29) is 11.9 Å². The number of fused-ring (bicyclic) bond motifs is 1. The van der Waals surface area contributed by atoms with Crippen molar-refractivity contribution in [1.82, 2.24) is 5.32 Å². The summed E-state index contributed by atoms with van der Waals surface area (Å²) in [6.07, 6.45) is 4.42. The van der Waals surface area contributed by atoms with Crippen LogP contribution in [0, 0.1) is 0 Å². The van der Waals surface area contributed by atoms with Gasteiger partial charge < -0.3 is 5.32 Å². The number of rotatable bonds is 6. The highest BCUT2D eigenvalue weighted by molar-refractivity contribution is 7.92. The molecule has 0 aromatic heterocycles. The maximum Gasteiger partial charge on any atom is 0.244 e. The van der Waals surface area contributed by atoms with Crippen LogP contribution in [0.3, 0.4) is 0 Å². The van der Waals surface area contributed by atoms with Crippen LogP contribution in [0.1, 0.15) is 43.4 Å². The van der Waals surface area contributed by atoms with Gasteiger partial charge in [-0.25, -0.2) is 8.42 Å². The van der Waals surface area contributed by atoms with Crippen molar-refractivity contribution in [1.29, 1.82) is 0 Å². The fourth-order valence-corrected chi connectivity index (χ4v) is 5.02. The molecule has 0 unspecified atom stereocenters. The largest absolute Gasteiger partial charge is 0.347 e. The topological polar surface area (TPSA) is 66.5 Å². The van der Waals surface area contributed by atoms with E-state index in [2.05, 4.69) is 11.4 Å². The quantitative estimate of drug-likeness (QED) is 0.827. The number of anilines is 1. The highest BCUT2D eigenvalue weighted by Crippen LogP contribution is 2.30. The molecule has 0 aliphatic heterocycles. The highest BCUT2D eigenvalue weighted by atomic mass is 32.2. The summed E-state index contributed by atoms with van der Waals surface area (Å²) in [5.74, 6) is -0.256. The van der Waals surface area contributed by atoms with Crippen LogP contribution in [0.25, 0.3) is 0 Å². The summed E-state index contributed by atoms with van der Waals surface area (Å²) in [7, 11) is -3.60. The molecule has 144 valence electrons. The molecule has 27 heavy (non-hydrogen) atoms. The molecule has 0 radical (unpaired) electrons. The number of amides is 1. The molecule has 0 bridgehead atoms. The number of nitrogens with zero attached hydrogens (tertiary/aromatic N) is 1. The van der Waals surface area contributed by atoms with Crippen LogP contribution in [0.5, 0.6) is 0 Å². The first-order valence-corrected chi connectivity index (χ1v) is 11.2. The number of carbonyl (C=O) groups is 1. The lowest BCUT2D eigenvalue weighted by Crippen LogP contribution is -2.50. The molecular weight excluding hydrogens is 360 g/mol. The van der Waals surface area contributed by atoms with E-state index in [0.29, 0.717) is 12.1 Å². The summed E-state index contributed by atoms with van der Waals surface area (Å²) >= 11 is 0. The average molecular weight is 387 g/mol. The van der Waals surface area contributed by atoms with Crippen molar-refractivity contribution in [2.24, 2.45) is 0 Å². The Morgan fingerprint density at radius 1 is 1.15 bits per heavy atom. The average Bonchev–Trinajstić information content (AvgIpc) is 2.66. The Labute approximate surface area is 161 Å². The van der Waals surface area contributed by atoms with Gasteiger partial charge >= 0.3 is 0 Å². The van der Waals surface area contributed by atoms with Crippen molar-refractivity contribution < 1.29 is 13.2 Å². The lowest BCUT2D eigenvalue weighted by atomic mass is 9.87. The van der Waals surface area contributed by atoms with Crippen molar-refractivity contribution in [3.05, 3.63) is 65.7 Å². The smallest absolute Gasteiger partial charge is 0.244 e. The Kier molecular flexibility index (Phi) is 5.85. The molecule has 0 saturated heterocycles. The molecule has 0 fully saturated rings. The molecule has 0 heterocycles. The first-order chi connectivity index (χ1) is 12.9. The van der Waals surface area contributed by atoms with Gasteiger partial charge in [-0.05, 0) is 48.9 Å². The molecule has 2 aromatic carbocycles. The number of nitrogens with one attached hydrogen (secondary N) is 1. The molecule has 0 spiro atoms. The standard InChI is InChI=1S/C21H26N2O3S/c1-3-20(23(27(2,25)26)17-12-5-4-6-13-17)21(24)22-19-15-9-11-16-10-7-8-14-18(16)19/h4-8,10,12-14,19-20H,3,9,11,15H2,1-2H3,(H,22,24)/t19-,20+/m0/s1. The maximum absolute atomic E-state index is 13.1. The van der Waals surface area contributed by atoms with Crippen LogP contribution < -0.4 is 9.62 Å². The molecule has 2 atom stereocenters. The molecule has 1 N–H and O–H groups in total. The zero-order valence-corrected chi connectivity index (χ0v) is 16.6. The van der Waals surface area contributed by atoms with Crippen LogP contribution in [-0.4, -0.2) is 26.6 Å². The Morgan fingerprint density at radius 2 is 1.81 bits per heavy atom. The van der Waals surface area contributed by atoms with Crippen LogP contribution in [0.2, 0.25) is 0 Å². The van der Waals surface area contributed by atoms with E-state index in [1.165, 1.54) is 9.87 Å². The predicted octanol–water partition coefficient (Wildman–Crippen LogP) is 3.43. The minimum atomic E-state index is -3.60. The predicted molar refractivity (Wildman–Crippen MR) is 108 cm³/mol. The first-order valence-electron chi connectivity index (χ1n) is 9.34. The van der Waals surface area contributed by atoms with Crippen molar-refractivity contribution in [3.8, 4) is 0 Å². The van der Waals surface area contributed by atoms with Crippen molar-refractivity contribution in [3.63, 3.8) is 0 Å². The molecular formula is C21H26N2O3S. The van der Waals surface area contributed by atoms with Gasteiger partial charge in [0, 0.05) is 0 Å². The first kappa shape index (κ1) is 19.4. The molecule has 2 aromatic rings. The summed E-state index contributed by atoms with van der Waals surface area (Å²) in [5, 5.41) is 3.10. The fraction of sp³-hybridized carbons (Fsp3) is 0.381. The third kappa shape index (κ3) is 4.33. The summed E-state index contributed by atoms with van der Waals surface area (Å²) in [5.41, 5.74) is 2.90. The monoisotopic (exact) mass is 386 g/mol. The second kappa shape index (κ2) is 8.13. The lowest BCUT2D eigenvalue weighted by Gasteiger charge is -2.33. The number of aryl methyl sites for hydroxylation is 1. The Hall–Kier alpha value is -2.34. The number of hydrogen-bond donors (Lipinski definition) is 1. The normalized spacial score (nSPS) is 17.6. The van der Waals surface area contributed by atoms with Gasteiger partial charge in [-0.2, -0.15) is 0 Å². The van der Waals surface area contributed by atoms with Crippen LogP contribution in [0.4, 0.5) is 5.69 Å². The zero-order chi connectivity index (χ0) is 19.4. The Bertz CT molecular complexity index is 897. The lowest BCUT2D eigenvalue weighted by molar-refractivity contribution is -0.123. The van der Waals surface area contributed by atoms with Gasteiger partial charge in [0.25, 0.3) is 0 Å². The Balaban J connectivity index is 1.87. The fourth-order valence-electron chi connectivity index (χ4n) is 3.81. The molecule has 1 aliphatic carbocycles. The van der Waals surface area contributed by atoms with Gasteiger partial charge in [-0.15, -0.1) is 0 Å². The van der Waals surface area contributed by atoms with E-state index in [0.717, 1.165) is 31.1 Å². The van der Waals surface area contributed by atoms with Gasteiger partial charge in [0.15, 0.2) is 0 Å².